The van der Waals surface area contributed by atoms with Gasteiger partial charge in [0.25, 0.3) is 0 Å². The van der Waals surface area contributed by atoms with Crippen LogP contribution < -0.4 is 4.90 Å². The number of rotatable bonds is 5. The Morgan fingerprint density at radius 3 is 2.18 bits per heavy atom. The zero-order chi connectivity index (χ0) is 37.5. The Labute approximate surface area is 329 Å². The maximum absolute atomic E-state index is 6.47. The Bertz CT molecular complexity index is 3220. The first-order valence-electron chi connectivity index (χ1n) is 19.6. The van der Waals surface area contributed by atoms with Gasteiger partial charge in [-0.3, -0.25) is 15.0 Å². The van der Waals surface area contributed by atoms with E-state index in [9.17, 15) is 0 Å². The summed E-state index contributed by atoms with van der Waals surface area (Å²) in [6, 6.07) is 56.5. The minimum Gasteiger partial charge on any atom is -0.456 e. The second kappa shape index (κ2) is 12.6. The fraction of sp³-hybridized carbons (Fsp3) is 0.0784. The Morgan fingerprint density at radius 1 is 0.544 bits per heavy atom. The molecule has 6 heteroatoms. The number of nitrogens with zero attached hydrogens (tertiary/aromatic N) is 5. The molecule has 2 unspecified atom stereocenters. The molecule has 0 fully saturated rings. The normalized spacial score (nSPS) is 16.2. The van der Waals surface area contributed by atoms with Gasteiger partial charge in [-0.05, 0) is 132 Å². The van der Waals surface area contributed by atoms with E-state index in [2.05, 4.69) is 160 Å². The van der Waals surface area contributed by atoms with E-state index < -0.39 is 0 Å². The number of anilines is 2. The molecule has 6 aromatic carbocycles. The summed E-state index contributed by atoms with van der Waals surface area (Å²) in [5.74, 6) is 0. The maximum Gasteiger partial charge on any atom is 0.135 e. The van der Waals surface area contributed by atoms with E-state index in [-0.39, 0.29) is 12.1 Å². The van der Waals surface area contributed by atoms with Gasteiger partial charge >= 0.3 is 0 Å². The van der Waals surface area contributed by atoms with Crippen molar-refractivity contribution >= 4 is 61.5 Å². The van der Waals surface area contributed by atoms with E-state index in [1.165, 1.54) is 22.4 Å². The molecule has 0 saturated heterocycles. The largest absolute Gasteiger partial charge is 0.456 e. The number of aromatic nitrogens is 3. The number of hydrogen-bond acceptors (Lipinski definition) is 5. The molecular weight excluding hydrogens is 699 g/mol. The van der Waals surface area contributed by atoms with Gasteiger partial charge in [-0.2, -0.15) is 0 Å². The number of para-hydroxylation sites is 1. The van der Waals surface area contributed by atoms with E-state index in [1.807, 2.05) is 30.6 Å². The molecule has 0 N–H and O–H groups in total. The standard InChI is InChI=1S/C51H35N5O/c1-2-10-35(11-3-1)55-44-21-17-32(29-41(44)50-46(55)15-8-26-53-50)33-19-23-48-39(28-33)40-31-36(20-24-49(40)57-48)56-45-22-18-34(30-42(45)51-47(56)16-9-27-54-51)37-12-4-5-13-38(37)43-14-6-7-25-52-43/h1-8,10-15,17-31,47,51H,9,16H2. The fourth-order valence-corrected chi connectivity index (χ4v) is 9.38. The van der Waals surface area contributed by atoms with Crippen LogP contribution in [-0.2, 0) is 0 Å². The first kappa shape index (κ1) is 32.0. The molecule has 0 aliphatic carbocycles. The van der Waals surface area contributed by atoms with Crippen LogP contribution in [0.3, 0.4) is 0 Å². The number of aliphatic imine (C=N–C) groups is 1. The van der Waals surface area contributed by atoms with Crippen molar-refractivity contribution in [3.05, 3.63) is 176 Å². The second-order valence-corrected chi connectivity index (χ2v) is 15.1. The smallest absolute Gasteiger partial charge is 0.135 e. The minimum atomic E-state index is 0.0661. The third-order valence-electron chi connectivity index (χ3n) is 11.9. The van der Waals surface area contributed by atoms with Crippen LogP contribution >= 0.6 is 0 Å². The third-order valence-corrected chi connectivity index (χ3v) is 11.9. The highest BCUT2D eigenvalue weighted by molar-refractivity contribution is 6.10. The molecule has 2 aliphatic rings. The lowest BCUT2D eigenvalue weighted by molar-refractivity contribution is 0.529. The van der Waals surface area contributed by atoms with Crippen molar-refractivity contribution in [3.63, 3.8) is 0 Å². The average molecular weight is 734 g/mol. The second-order valence-electron chi connectivity index (χ2n) is 15.1. The number of hydrogen-bond donors (Lipinski definition) is 0. The highest BCUT2D eigenvalue weighted by atomic mass is 16.3. The Morgan fingerprint density at radius 2 is 1.30 bits per heavy atom. The van der Waals surface area contributed by atoms with Crippen LogP contribution in [-0.4, -0.2) is 26.8 Å². The molecule has 6 heterocycles. The first-order chi connectivity index (χ1) is 28.3. The van der Waals surface area contributed by atoms with Gasteiger partial charge in [0.15, 0.2) is 0 Å². The maximum atomic E-state index is 6.47. The predicted molar refractivity (Wildman–Crippen MR) is 233 cm³/mol. The van der Waals surface area contributed by atoms with Crippen LogP contribution in [0.1, 0.15) is 24.4 Å². The van der Waals surface area contributed by atoms with Crippen molar-refractivity contribution in [1.82, 2.24) is 14.5 Å². The third kappa shape index (κ3) is 5.00. The molecule has 57 heavy (non-hydrogen) atoms. The highest BCUT2D eigenvalue weighted by Gasteiger charge is 2.40. The van der Waals surface area contributed by atoms with Crippen molar-refractivity contribution < 1.29 is 4.42 Å². The Balaban J connectivity index is 0.957. The lowest BCUT2D eigenvalue weighted by Gasteiger charge is -2.30. The van der Waals surface area contributed by atoms with E-state index >= 15 is 0 Å². The van der Waals surface area contributed by atoms with Crippen molar-refractivity contribution in [2.45, 2.75) is 24.9 Å². The molecule has 4 aromatic heterocycles. The Hall–Kier alpha value is -7.31. The van der Waals surface area contributed by atoms with Gasteiger partial charge in [0.2, 0.25) is 0 Å². The van der Waals surface area contributed by atoms with Crippen LogP contribution in [0, 0.1) is 0 Å². The summed E-state index contributed by atoms with van der Waals surface area (Å²) in [5.41, 5.74) is 16.5. The predicted octanol–water partition coefficient (Wildman–Crippen LogP) is 12.9. The molecule has 2 atom stereocenters. The summed E-state index contributed by atoms with van der Waals surface area (Å²) in [6.07, 6.45) is 7.86. The van der Waals surface area contributed by atoms with E-state index in [4.69, 9.17) is 14.4 Å². The van der Waals surface area contributed by atoms with Crippen LogP contribution in [0.5, 0.6) is 0 Å². The molecule has 0 radical (unpaired) electrons. The molecule has 0 spiro atoms. The van der Waals surface area contributed by atoms with Crippen LogP contribution in [0.15, 0.2) is 180 Å². The molecule has 270 valence electrons. The molecule has 2 aliphatic heterocycles. The quantitative estimate of drug-likeness (QED) is 0.177. The van der Waals surface area contributed by atoms with Crippen molar-refractivity contribution in [2.75, 3.05) is 4.90 Å². The summed E-state index contributed by atoms with van der Waals surface area (Å²) in [6.45, 7) is 0. The Kier molecular flexibility index (Phi) is 7.08. The van der Waals surface area contributed by atoms with Gasteiger partial charge in [-0.15, -0.1) is 0 Å². The zero-order valence-electron chi connectivity index (χ0n) is 31.0. The monoisotopic (exact) mass is 733 g/mol. The van der Waals surface area contributed by atoms with E-state index in [1.54, 1.807) is 0 Å². The molecule has 0 amide bonds. The van der Waals surface area contributed by atoms with Crippen LogP contribution in [0.25, 0.3) is 83.1 Å². The summed E-state index contributed by atoms with van der Waals surface area (Å²) >= 11 is 0. The first-order valence-corrected chi connectivity index (χ1v) is 19.6. The van der Waals surface area contributed by atoms with E-state index in [0.717, 1.165) is 90.5 Å². The molecule has 6 nitrogen and oxygen atoms in total. The van der Waals surface area contributed by atoms with Crippen LogP contribution in [0.4, 0.5) is 11.4 Å². The number of furan rings is 1. The number of benzene rings is 6. The van der Waals surface area contributed by atoms with Crippen molar-refractivity contribution in [1.29, 1.82) is 0 Å². The number of fused-ring (bicyclic) bond motifs is 9. The van der Waals surface area contributed by atoms with E-state index in [0.29, 0.717) is 0 Å². The summed E-state index contributed by atoms with van der Waals surface area (Å²) in [7, 11) is 0. The highest BCUT2D eigenvalue weighted by Crippen LogP contribution is 2.51. The van der Waals surface area contributed by atoms with Gasteiger partial charge < -0.3 is 13.9 Å². The molecule has 10 aromatic rings. The molecule has 12 rings (SSSR count). The van der Waals surface area contributed by atoms with Gasteiger partial charge in [0.1, 0.15) is 11.2 Å². The molecular formula is C51H35N5O. The summed E-state index contributed by atoms with van der Waals surface area (Å²) in [4.78, 5) is 17.2. The zero-order valence-corrected chi connectivity index (χ0v) is 31.0. The van der Waals surface area contributed by atoms with Gasteiger partial charge in [0, 0.05) is 56.7 Å². The topological polar surface area (TPSA) is 59.5 Å². The van der Waals surface area contributed by atoms with Crippen LogP contribution in [0.2, 0.25) is 0 Å². The summed E-state index contributed by atoms with van der Waals surface area (Å²) < 4.78 is 8.77. The molecule has 0 bridgehead atoms. The van der Waals surface area contributed by atoms with Gasteiger partial charge in [0.05, 0.1) is 34.3 Å². The minimum absolute atomic E-state index is 0.0661. The van der Waals surface area contributed by atoms with Crippen molar-refractivity contribution in [3.8, 4) is 39.2 Å². The lowest BCUT2D eigenvalue weighted by atomic mass is 9.92. The lowest BCUT2D eigenvalue weighted by Crippen LogP contribution is -2.31. The van der Waals surface area contributed by atoms with Gasteiger partial charge in [-0.1, -0.05) is 66.7 Å². The fourth-order valence-electron chi connectivity index (χ4n) is 9.38. The van der Waals surface area contributed by atoms with Crippen molar-refractivity contribution in [2.24, 2.45) is 4.99 Å². The SMILES string of the molecule is C1=NC2c3cc(-c4ccccc4-c4ccccn4)ccc3N(c3ccc4oc5ccc(-c6ccc7c(c6)c6ncccc6n7-c6ccccc6)cc5c4c3)C2CC1. The summed E-state index contributed by atoms with van der Waals surface area (Å²) in [5, 5.41) is 3.35. The average Bonchev–Trinajstić information content (AvgIpc) is 3.93. The van der Waals surface area contributed by atoms with Gasteiger partial charge in [-0.25, -0.2) is 0 Å². The number of pyridine rings is 2. The molecule has 0 saturated carbocycles.